The van der Waals surface area contributed by atoms with Crippen molar-refractivity contribution < 1.29 is 9.90 Å². The number of phenolic OH excluding ortho intramolecular Hbond substituents is 1. The molecule has 0 saturated carbocycles. The van der Waals surface area contributed by atoms with E-state index in [2.05, 4.69) is 5.32 Å². The first-order valence-electron chi connectivity index (χ1n) is 7.05. The summed E-state index contributed by atoms with van der Waals surface area (Å²) in [6, 6.07) is 12.8. The van der Waals surface area contributed by atoms with Crippen LogP contribution in [0.5, 0.6) is 5.75 Å². The zero-order chi connectivity index (χ0) is 15.2. The number of hydrogen-bond donors (Lipinski definition) is 3. The number of nitrogen functional groups attached to an aromatic ring is 1. The molecule has 2 aromatic carbocycles. The number of carbonyl (C=O) groups excluding carboxylic acids is 1. The number of anilines is 1. The van der Waals surface area contributed by atoms with Gasteiger partial charge in [0.05, 0.1) is 0 Å². The number of para-hydroxylation sites is 1. The Hall–Kier alpha value is -2.49. The van der Waals surface area contributed by atoms with E-state index in [9.17, 15) is 9.90 Å². The van der Waals surface area contributed by atoms with Gasteiger partial charge in [-0.05, 0) is 29.7 Å². The number of benzene rings is 2. The Kier molecular flexibility index (Phi) is 4.82. The van der Waals surface area contributed by atoms with Crippen molar-refractivity contribution in [2.75, 3.05) is 12.3 Å². The van der Waals surface area contributed by atoms with Crippen LogP contribution in [-0.2, 0) is 11.2 Å². The fourth-order valence-electron chi connectivity index (χ4n) is 2.19. The quantitative estimate of drug-likeness (QED) is 0.739. The van der Waals surface area contributed by atoms with E-state index in [-0.39, 0.29) is 11.7 Å². The second kappa shape index (κ2) is 6.79. The van der Waals surface area contributed by atoms with Crippen LogP contribution in [0, 0.1) is 0 Å². The molecule has 0 saturated heterocycles. The monoisotopic (exact) mass is 284 g/mol. The number of rotatable bonds is 5. The Labute approximate surface area is 124 Å². The van der Waals surface area contributed by atoms with Crippen LogP contribution in [0.2, 0.25) is 0 Å². The van der Waals surface area contributed by atoms with Crippen molar-refractivity contribution in [1.82, 2.24) is 5.32 Å². The van der Waals surface area contributed by atoms with Gasteiger partial charge in [0.1, 0.15) is 5.75 Å². The zero-order valence-electron chi connectivity index (χ0n) is 12.1. The van der Waals surface area contributed by atoms with Gasteiger partial charge in [0.25, 0.3) is 0 Å². The molecule has 4 nitrogen and oxygen atoms in total. The van der Waals surface area contributed by atoms with Gasteiger partial charge in [-0.1, -0.05) is 37.3 Å². The van der Waals surface area contributed by atoms with E-state index in [0.29, 0.717) is 25.1 Å². The van der Waals surface area contributed by atoms with Gasteiger partial charge in [0, 0.05) is 24.2 Å². The molecule has 21 heavy (non-hydrogen) atoms. The smallest absolute Gasteiger partial charge is 0.219 e. The molecule has 0 fully saturated rings. The number of hydrogen-bond acceptors (Lipinski definition) is 3. The Morgan fingerprint density at radius 1 is 1.19 bits per heavy atom. The standard InChI is InChI=1S/C17H20N2O2/c1-2-16(21)19-11-10-13-4-3-5-15(17(13)18)12-6-8-14(20)9-7-12/h3-9,20H,2,10-11,18H2,1H3,(H,19,21). The Morgan fingerprint density at radius 3 is 2.57 bits per heavy atom. The summed E-state index contributed by atoms with van der Waals surface area (Å²) in [4.78, 5) is 11.2. The van der Waals surface area contributed by atoms with Crippen LogP contribution in [0.25, 0.3) is 11.1 Å². The molecule has 0 bridgehead atoms. The molecule has 110 valence electrons. The van der Waals surface area contributed by atoms with Crippen LogP contribution in [0.4, 0.5) is 5.69 Å². The minimum absolute atomic E-state index is 0.0447. The summed E-state index contributed by atoms with van der Waals surface area (Å²) in [6.07, 6.45) is 1.19. The maximum atomic E-state index is 11.2. The molecule has 2 rings (SSSR count). The summed E-state index contributed by atoms with van der Waals surface area (Å²) in [5, 5.41) is 12.2. The van der Waals surface area contributed by atoms with Crippen molar-refractivity contribution in [3.05, 3.63) is 48.0 Å². The lowest BCUT2D eigenvalue weighted by Gasteiger charge is -2.12. The van der Waals surface area contributed by atoms with E-state index >= 15 is 0 Å². The largest absolute Gasteiger partial charge is 0.508 e. The third-order valence-corrected chi connectivity index (χ3v) is 3.41. The van der Waals surface area contributed by atoms with E-state index in [4.69, 9.17) is 5.73 Å². The summed E-state index contributed by atoms with van der Waals surface area (Å²) in [5.74, 6) is 0.277. The number of nitrogens with one attached hydrogen (secondary N) is 1. The third-order valence-electron chi connectivity index (χ3n) is 3.41. The van der Waals surface area contributed by atoms with E-state index in [1.54, 1.807) is 12.1 Å². The van der Waals surface area contributed by atoms with Crippen molar-refractivity contribution in [1.29, 1.82) is 0 Å². The minimum atomic E-state index is 0.0447. The molecule has 0 spiro atoms. The SMILES string of the molecule is CCC(=O)NCCc1cccc(-c2ccc(O)cc2)c1N. The van der Waals surface area contributed by atoms with Gasteiger partial charge in [-0.15, -0.1) is 0 Å². The summed E-state index contributed by atoms with van der Waals surface area (Å²) in [5.41, 5.74) is 9.86. The molecule has 0 atom stereocenters. The van der Waals surface area contributed by atoms with Gasteiger partial charge in [-0.25, -0.2) is 0 Å². The molecule has 0 aromatic heterocycles. The Bertz CT molecular complexity index is 621. The molecular formula is C17H20N2O2. The first-order valence-corrected chi connectivity index (χ1v) is 7.05. The molecule has 4 heteroatoms. The van der Waals surface area contributed by atoms with Crippen molar-refractivity contribution in [3.8, 4) is 16.9 Å². The zero-order valence-corrected chi connectivity index (χ0v) is 12.1. The Morgan fingerprint density at radius 2 is 1.90 bits per heavy atom. The molecule has 0 heterocycles. The maximum Gasteiger partial charge on any atom is 0.219 e. The predicted octanol–water partition coefficient (Wildman–Crippen LogP) is 2.71. The molecule has 0 aliphatic carbocycles. The van der Waals surface area contributed by atoms with Gasteiger partial charge < -0.3 is 16.2 Å². The first kappa shape index (κ1) is 14.9. The number of nitrogens with two attached hydrogens (primary N) is 1. The van der Waals surface area contributed by atoms with Crippen LogP contribution < -0.4 is 11.1 Å². The van der Waals surface area contributed by atoms with Gasteiger partial charge in [0.15, 0.2) is 0 Å². The van der Waals surface area contributed by atoms with Crippen LogP contribution in [-0.4, -0.2) is 17.6 Å². The molecular weight excluding hydrogens is 264 g/mol. The normalized spacial score (nSPS) is 10.3. The molecule has 0 unspecified atom stereocenters. The second-order valence-corrected chi connectivity index (χ2v) is 4.88. The highest BCUT2D eigenvalue weighted by Crippen LogP contribution is 2.29. The summed E-state index contributed by atoms with van der Waals surface area (Å²) in [7, 11) is 0. The average Bonchev–Trinajstić information content (AvgIpc) is 2.50. The third kappa shape index (κ3) is 3.75. The molecule has 4 N–H and O–H groups in total. The fourth-order valence-corrected chi connectivity index (χ4v) is 2.19. The topological polar surface area (TPSA) is 75.3 Å². The van der Waals surface area contributed by atoms with Crippen molar-refractivity contribution in [2.45, 2.75) is 19.8 Å². The van der Waals surface area contributed by atoms with Crippen molar-refractivity contribution in [3.63, 3.8) is 0 Å². The number of aromatic hydroxyl groups is 1. The van der Waals surface area contributed by atoms with Crippen LogP contribution in [0.1, 0.15) is 18.9 Å². The second-order valence-electron chi connectivity index (χ2n) is 4.88. The van der Waals surface area contributed by atoms with Gasteiger partial charge >= 0.3 is 0 Å². The molecule has 0 aliphatic heterocycles. The highest BCUT2D eigenvalue weighted by atomic mass is 16.3. The molecule has 2 aromatic rings. The lowest BCUT2D eigenvalue weighted by molar-refractivity contribution is -0.120. The van der Waals surface area contributed by atoms with Crippen molar-refractivity contribution >= 4 is 11.6 Å². The van der Waals surface area contributed by atoms with E-state index in [0.717, 1.165) is 16.7 Å². The minimum Gasteiger partial charge on any atom is -0.508 e. The van der Waals surface area contributed by atoms with E-state index in [1.165, 1.54) is 0 Å². The number of amides is 1. The van der Waals surface area contributed by atoms with E-state index in [1.807, 2.05) is 37.3 Å². The molecule has 1 amide bonds. The summed E-state index contributed by atoms with van der Waals surface area (Å²) < 4.78 is 0. The number of phenols is 1. The number of carbonyl (C=O) groups is 1. The van der Waals surface area contributed by atoms with Gasteiger partial charge in [-0.2, -0.15) is 0 Å². The fraction of sp³-hybridized carbons (Fsp3) is 0.235. The highest BCUT2D eigenvalue weighted by molar-refractivity contribution is 5.79. The highest BCUT2D eigenvalue weighted by Gasteiger charge is 2.07. The van der Waals surface area contributed by atoms with Crippen LogP contribution >= 0.6 is 0 Å². The van der Waals surface area contributed by atoms with E-state index < -0.39 is 0 Å². The van der Waals surface area contributed by atoms with Crippen LogP contribution in [0.15, 0.2) is 42.5 Å². The van der Waals surface area contributed by atoms with Crippen molar-refractivity contribution in [2.24, 2.45) is 0 Å². The lowest BCUT2D eigenvalue weighted by Crippen LogP contribution is -2.24. The lowest BCUT2D eigenvalue weighted by atomic mass is 9.99. The van der Waals surface area contributed by atoms with Gasteiger partial charge in [-0.3, -0.25) is 4.79 Å². The maximum absolute atomic E-state index is 11.2. The predicted molar refractivity (Wildman–Crippen MR) is 85.0 cm³/mol. The first-order chi connectivity index (χ1) is 10.1. The molecule has 0 aliphatic rings. The van der Waals surface area contributed by atoms with Crippen LogP contribution in [0.3, 0.4) is 0 Å². The summed E-state index contributed by atoms with van der Waals surface area (Å²) >= 11 is 0. The average molecular weight is 284 g/mol. The summed E-state index contributed by atoms with van der Waals surface area (Å²) in [6.45, 7) is 2.41. The molecule has 0 radical (unpaired) electrons. The van der Waals surface area contributed by atoms with Gasteiger partial charge in [0.2, 0.25) is 5.91 Å². The Balaban J connectivity index is 2.16.